The molecule has 2 aliphatic rings. The van der Waals surface area contributed by atoms with Crippen LogP contribution in [0.25, 0.3) is 0 Å². The summed E-state index contributed by atoms with van der Waals surface area (Å²) >= 11 is 6.37. The highest BCUT2D eigenvalue weighted by Crippen LogP contribution is 2.35. The Hall–Kier alpha value is -2.86. The summed E-state index contributed by atoms with van der Waals surface area (Å²) in [6.45, 7) is -0.0682. The fraction of sp³-hybridized carbons (Fsp3) is 0.348. The molecule has 7 heteroatoms. The number of ether oxygens (including phenoxy) is 1. The van der Waals surface area contributed by atoms with Gasteiger partial charge < -0.3 is 10.1 Å². The lowest BCUT2D eigenvalue weighted by molar-refractivity contribution is -0.136. The molecular formula is C23H24ClN3O3. The van der Waals surface area contributed by atoms with Gasteiger partial charge in [0.15, 0.2) is 0 Å². The molecule has 2 amide bonds. The van der Waals surface area contributed by atoms with E-state index in [2.05, 4.69) is 10.4 Å². The number of methoxy groups -OCH3 is 1. The van der Waals surface area contributed by atoms with E-state index < -0.39 is 0 Å². The van der Waals surface area contributed by atoms with Crippen molar-refractivity contribution in [2.24, 2.45) is 11.0 Å². The normalized spacial score (nSPS) is 18.5. The molecule has 1 N–H and O–H groups in total. The van der Waals surface area contributed by atoms with Crippen LogP contribution in [0.2, 0.25) is 5.02 Å². The van der Waals surface area contributed by atoms with Crippen LogP contribution in [0.5, 0.6) is 5.75 Å². The van der Waals surface area contributed by atoms with Gasteiger partial charge in [-0.3, -0.25) is 9.59 Å². The SMILES string of the molecule is COc1ccc(C2CC(c3ccccc3Cl)=NN2C(=O)CNC(=O)C2CCC2)cc1. The Labute approximate surface area is 180 Å². The molecule has 1 aliphatic heterocycles. The van der Waals surface area contributed by atoms with Crippen LogP contribution in [0.1, 0.15) is 42.9 Å². The van der Waals surface area contributed by atoms with E-state index in [0.29, 0.717) is 11.4 Å². The highest BCUT2D eigenvalue weighted by atomic mass is 35.5. The van der Waals surface area contributed by atoms with Crippen LogP contribution in [0.4, 0.5) is 0 Å². The van der Waals surface area contributed by atoms with E-state index in [4.69, 9.17) is 16.3 Å². The fourth-order valence-corrected chi connectivity index (χ4v) is 3.99. The van der Waals surface area contributed by atoms with Gasteiger partial charge in [-0.2, -0.15) is 5.10 Å². The summed E-state index contributed by atoms with van der Waals surface area (Å²) in [6, 6.07) is 14.8. The van der Waals surface area contributed by atoms with Gasteiger partial charge in [0.05, 0.1) is 25.4 Å². The molecule has 0 aromatic heterocycles. The van der Waals surface area contributed by atoms with Crippen LogP contribution in [0.15, 0.2) is 53.6 Å². The van der Waals surface area contributed by atoms with Gasteiger partial charge in [0.1, 0.15) is 5.75 Å². The van der Waals surface area contributed by atoms with Crippen molar-refractivity contribution in [2.75, 3.05) is 13.7 Å². The molecule has 1 aliphatic carbocycles. The van der Waals surface area contributed by atoms with Crippen LogP contribution in [-0.4, -0.2) is 36.2 Å². The van der Waals surface area contributed by atoms with Crippen molar-refractivity contribution < 1.29 is 14.3 Å². The van der Waals surface area contributed by atoms with Gasteiger partial charge >= 0.3 is 0 Å². The third-order valence-electron chi connectivity index (χ3n) is 5.74. The van der Waals surface area contributed by atoms with E-state index in [1.807, 2.05) is 48.5 Å². The maximum Gasteiger partial charge on any atom is 0.262 e. The second kappa shape index (κ2) is 8.88. The Morgan fingerprint density at radius 1 is 1.17 bits per heavy atom. The molecular weight excluding hydrogens is 402 g/mol. The number of hydrogen-bond donors (Lipinski definition) is 1. The minimum absolute atomic E-state index is 0.0379. The molecule has 0 saturated heterocycles. The highest BCUT2D eigenvalue weighted by Gasteiger charge is 2.34. The number of amides is 2. The number of nitrogens with one attached hydrogen (secondary N) is 1. The third-order valence-corrected chi connectivity index (χ3v) is 6.07. The van der Waals surface area contributed by atoms with Crippen LogP contribution in [0, 0.1) is 5.92 Å². The maximum absolute atomic E-state index is 13.0. The highest BCUT2D eigenvalue weighted by molar-refractivity contribution is 6.34. The van der Waals surface area contributed by atoms with Crippen LogP contribution in [0.3, 0.4) is 0 Å². The summed E-state index contributed by atoms with van der Waals surface area (Å²) in [4.78, 5) is 25.1. The molecule has 1 unspecified atom stereocenters. The number of hydrazone groups is 1. The Bertz CT molecular complexity index is 970. The molecule has 4 rings (SSSR count). The summed E-state index contributed by atoms with van der Waals surface area (Å²) < 4.78 is 5.24. The smallest absolute Gasteiger partial charge is 0.262 e. The minimum Gasteiger partial charge on any atom is -0.497 e. The van der Waals surface area contributed by atoms with Crippen molar-refractivity contribution >= 4 is 29.1 Å². The van der Waals surface area contributed by atoms with E-state index in [-0.39, 0.29) is 30.3 Å². The van der Waals surface area contributed by atoms with E-state index in [0.717, 1.165) is 41.9 Å². The lowest BCUT2D eigenvalue weighted by Crippen LogP contribution is -2.41. The molecule has 2 aromatic carbocycles. The van der Waals surface area contributed by atoms with Gasteiger partial charge in [-0.05, 0) is 36.6 Å². The number of hydrogen-bond acceptors (Lipinski definition) is 4. The first-order valence-electron chi connectivity index (χ1n) is 10.1. The fourth-order valence-electron chi connectivity index (χ4n) is 3.74. The first-order chi connectivity index (χ1) is 14.6. The Balaban J connectivity index is 1.56. The first-order valence-corrected chi connectivity index (χ1v) is 10.5. The lowest BCUT2D eigenvalue weighted by Gasteiger charge is -2.25. The zero-order valence-electron chi connectivity index (χ0n) is 16.8. The summed E-state index contributed by atoms with van der Waals surface area (Å²) in [6.07, 6.45) is 3.40. The number of benzene rings is 2. The predicted molar refractivity (Wildman–Crippen MR) is 116 cm³/mol. The summed E-state index contributed by atoms with van der Waals surface area (Å²) in [5, 5.41) is 9.45. The molecule has 1 heterocycles. The molecule has 1 saturated carbocycles. The summed E-state index contributed by atoms with van der Waals surface area (Å²) in [5.41, 5.74) is 2.51. The number of carbonyl (C=O) groups is 2. The molecule has 6 nitrogen and oxygen atoms in total. The molecule has 156 valence electrons. The number of rotatable bonds is 6. The van der Waals surface area contributed by atoms with Crippen molar-refractivity contribution in [1.82, 2.24) is 10.3 Å². The first kappa shape index (κ1) is 20.4. The van der Waals surface area contributed by atoms with Gasteiger partial charge in [-0.15, -0.1) is 0 Å². The molecule has 1 atom stereocenters. The second-order valence-corrected chi connectivity index (χ2v) is 8.01. The predicted octanol–water partition coefficient (Wildman–Crippen LogP) is 3.94. The monoisotopic (exact) mass is 425 g/mol. The van der Waals surface area contributed by atoms with Gasteiger partial charge in [0.25, 0.3) is 5.91 Å². The molecule has 2 aromatic rings. The van der Waals surface area contributed by atoms with Crippen molar-refractivity contribution in [3.63, 3.8) is 0 Å². The zero-order chi connectivity index (χ0) is 21.1. The maximum atomic E-state index is 13.0. The topological polar surface area (TPSA) is 71.0 Å². The van der Waals surface area contributed by atoms with E-state index >= 15 is 0 Å². The van der Waals surface area contributed by atoms with Crippen LogP contribution >= 0.6 is 11.6 Å². The van der Waals surface area contributed by atoms with Gasteiger partial charge in [0, 0.05) is 22.9 Å². The molecule has 1 fully saturated rings. The summed E-state index contributed by atoms with van der Waals surface area (Å²) in [5.74, 6) is 0.487. The quantitative estimate of drug-likeness (QED) is 0.761. The van der Waals surface area contributed by atoms with E-state index in [1.165, 1.54) is 5.01 Å². The van der Waals surface area contributed by atoms with Gasteiger partial charge in [-0.1, -0.05) is 48.4 Å². The lowest BCUT2D eigenvalue weighted by atomic mass is 9.85. The largest absolute Gasteiger partial charge is 0.497 e. The van der Waals surface area contributed by atoms with E-state index in [9.17, 15) is 9.59 Å². The Morgan fingerprint density at radius 2 is 1.90 bits per heavy atom. The average Bonchev–Trinajstić information content (AvgIpc) is 3.16. The Kier molecular flexibility index (Phi) is 6.04. The van der Waals surface area contributed by atoms with Gasteiger partial charge in [0.2, 0.25) is 5.91 Å². The molecule has 0 spiro atoms. The third kappa shape index (κ3) is 4.19. The minimum atomic E-state index is -0.268. The molecule has 0 bridgehead atoms. The van der Waals surface area contributed by atoms with Crippen LogP contribution in [-0.2, 0) is 9.59 Å². The Morgan fingerprint density at radius 3 is 2.53 bits per heavy atom. The van der Waals surface area contributed by atoms with Crippen molar-refractivity contribution in [1.29, 1.82) is 0 Å². The standard InChI is InChI=1S/C23H24ClN3O3/c1-30-17-11-9-15(10-12-17)21-13-20(18-7-2-3-8-19(18)24)26-27(21)22(28)14-25-23(29)16-5-4-6-16/h2-3,7-12,16,21H,4-6,13-14H2,1H3,(H,25,29). The number of nitrogens with zero attached hydrogens (tertiary/aromatic N) is 2. The van der Waals surface area contributed by atoms with Crippen LogP contribution < -0.4 is 10.1 Å². The van der Waals surface area contributed by atoms with Crippen molar-refractivity contribution in [3.8, 4) is 5.75 Å². The van der Waals surface area contributed by atoms with E-state index in [1.54, 1.807) is 7.11 Å². The van der Waals surface area contributed by atoms with Crippen molar-refractivity contribution in [2.45, 2.75) is 31.7 Å². The molecule has 0 radical (unpaired) electrons. The van der Waals surface area contributed by atoms with Crippen molar-refractivity contribution in [3.05, 3.63) is 64.7 Å². The summed E-state index contributed by atoms with van der Waals surface area (Å²) in [7, 11) is 1.61. The second-order valence-electron chi connectivity index (χ2n) is 7.60. The molecule has 30 heavy (non-hydrogen) atoms. The number of carbonyl (C=O) groups excluding carboxylic acids is 2. The van der Waals surface area contributed by atoms with Gasteiger partial charge in [-0.25, -0.2) is 5.01 Å². The number of halogens is 1. The zero-order valence-corrected chi connectivity index (χ0v) is 17.6. The average molecular weight is 426 g/mol.